The van der Waals surface area contributed by atoms with Gasteiger partial charge in [0.1, 0.15) is 0 Å². The van der Waals surface area contributed by atoms with Crippen molar-refractivity contribution in [3.8, 4) is 0 Å². The van der Waals surface area contributed by atoms with Gasteiger partial charge in [0, 0.05) is 0 Å². The first kappa shape index (κ1) is 21.9. The molecule has 0 bridgehead atoms. The Morgan fingerprint density at radius 2 is 1.83 bits per heavy atom. The van der Waals surface area contributed by atoms with Crippen LogP contribution in [-0.4, -0.2) is 10.7 Å². The Morgan fingerprint density at radius 3 is 2.55 bits per heavy atom. The van der Waals surface area contributed by atoms with E-state index in [1.165, 1.54) is 64.2 Å². The largest absolute Gasteiger partial charge is 0.390 e. The number of aliphatic hydroxyl groups is 1. The third-order valence-corrected chi connectivity index (χ3v) is 10.7. The first-order valence-electron chi connectivity index (χ1n) is 13.1. The molecule has 0 heterocycles. The van der Waals surface area contributed by atoms with Gasteiger partial charge >= 0.3 is 0 Å². The number of hydrogen-bond donors (Lipinski definition) is 1. The Bertz CT molecular complexity index is 620. The lowest BCUT2D eigenvalue weighted by Gasteiger charge is -2.59. The number of rotatable bonds is 6. The molecule has 4 aliphatic rings. The second-order valence-corrected chi connectivity index (χ2v) is 12.5. The third kappa shape index (κ3) is 3.77. The highest BCUT2D eigenvalue weighted by molar-refractivity contribution is 5.27. The lowest BCUT2D eigenvalue weighted by Crippen LogP contribution is -2.52. The van der Waals surface area contributed by atoms with Gasteiger partial charge in [0.05, 0.1) is 5.60 Å². The molecule has 1 N–H and O–H groups in total. The Balaban J connectivity index is 1.46. The summed E-state index contributed by atoms with van der Waals surface area (Å²) in [6.07, 6.45) is 19.7. The molecule has 4 rings (SSSR count). The summed E-state index contributed by atoms with van der Waals surface area (Å²) in [4.78, 5) is 0. The molecule has 29 heavy (non-hydrogen) atoms. The molecule has 0 aromatic heterocycles. The predicted octanol–water partition coefficient (Wildman–Crippen LogP) is 7.92. The zero-order valence-corrected chi connectivity index (χ0v) is 20.1. The summed E-state index contributed by atoms with van der Waals surface area (Å²) in [5.74, 6) is 4.59. The highest BCUT2D eigenvalue weighted by Crippen LogP contribution is 2.67. The lowest BCUT2D eigenvalue weighted by molar-refractivity contribution is -0.0716. The highest BCUT2D eigenvalue weighted by Gasteiger charge is 2.59. The lowest BCUT2D eigenvalue weighted by atomic mass is 9.46. The molecule has 0 aliphatic heterocycles. The summed E-state index contributed by atoms with van der Waals surface area (Å²) < 4.78 is 0. The van der Waals surface area contributed by atoms with Gasteiger partial charge in [-0.2, -0.15) is 0 Å². The van der Waals surface area contributed by atoms with Crippen molar-refractivity contribution >= 4 is 0 Å². The van der Waals surface area contributed by atoms with E-state index in [0.29, 0.717) is 10.8 Å². The number of hydrogen-bond acceptors (Lipinski definition) is 1. The SMILES string of the molecule is CC[C@]1(O)CCC2(C)C(=CCC3C2CCC2(C)C(CCCCC(C)C)CCC32)C1. The maximum absolute atomic E-state index is 11.0. The van der Waals surface area contributed by atoms with Crippen LogP contribution >= 0.6 is 0 Å². The minimum absolute atomic E-state index is 0.376. The third-order valence-electron chi connectivity index (χ3n) is 10.7. The van der Waals surface area contributed by atoms with E-state index >= 15 is 0 Å². The molecular formula is C28H48O. The number of allylic oxidation sites excluding steroid dienone is 1. The summed E-state index contributed by atoms with van der Waals surface area (Å²) in [5.41, 5.74) is 2.19. The van der Waals surface area contributed by atoms with Crippen LogP contribution in [0.1, 0.15) is 118 Å². The molecule has 1 heteroatoms. The van der Waals surface area contributed by atoms with Crippen molar-refractivity contribution in [3.05, 3.63) is 11.6 Å². The van der Waals surface area contributed by atoms with Crippen molar-refractivity contribution in [1.29, 1.82) is 0 Å². The molecule has 3 fully saturated rings. The topological polar surface area (TPSA) is 20.2 Å². The van der Waals surface area contributed by atoms with E-state index in [9.17, 15) is 5.11 Å². The van der Waals surface area contributed by atoms with Crippen LogP contribution < -0.4 is 0 Å². The summed E-state index contributed by atoms with van der Waals surface area (Å²) in [6.45, 7) is 12.2. The molecule has 1 nitrogen and oxygen atoms in total. The molecule has 0 spiro atoms. The van der Waals surface area contributed by atoms with E-state index in [1.807, 2.05) is 0 Å². The van der Waals surface area contributed by atoms with Gasteiger partial charge in [-0.1, -0.05) is 65.5 Å². The molecule has 0 aromatic carbocycles. The Kier molecular flexibility index (Phi) is 6.04. The highest BCUT2D eigenvalue weighted by atomic mass is 16.3. The first-order chi connectivity index (χ1) is 13.7. The summed E-state index contributed by atoms with van der Waals surface area (Å²) in [7, 11) is 0. The average molecular weight is 401 g/mol. The van der Waals surface area contributed by atoms with Gasteiger partial charge in [0.2, 0.25) is 0 Å². The molecular weight excluding hydrogens is 352 g/mol. The van der Waals surface area contributed by atoms with Crippen molar-refractivity contribution in [1.82, 2.24) is 0 Å². The van der Waals surface area contributed by atoms with Crippen LogP contribution in [0.15, 0.2) is 11.6 Å². The number of fused-ring (bicyclic) bond motifs is 5. The Morgan fingerprint density at radius 1 is 1.03 bits per heavy atom. The quantitative estimate of drug-likeness (QED) is 0.354. The second-order valence-electron chi connectivity index (χ2n) is 12.5. The molecule has 7 atom stereocenters. The van der Waals surface area contributed by atoms with Crippen LogP contribution in [0.25, 0.3) is 0 Å². The fourth-order valence-electron chi connectivity index (χ4n) is 8.54. The molecule has 166 valence electrons. The molecule has 3 saturated carbocycles. The molecule has 0 amide bonds. The molecule has 0 radical (unpaired) electrons. The smallest absolute Gasteiger partial charge is 0.0682 e. The minimum Gasteiger partial charge on any atom is -0.390 e. The maximum Gasteiger partial charge on any atom is 0.0682 e. The van der Waals surface area contributed by atoms with Gasteiger partial charge < -0.3 is 5.11 Å². The van der Waals surface area contributed by atoms with Gasteiger partial charge in [-0.05, 0) is 105 Å². The zero-order chi connectivity index (χ0) is 20.9. The van der Waals surface area contributed by atoms with Gasteiger partial charge in [0.25, 0.3) is 0 Å². The van der Waals surface area contributed by atoms with Crippen LogP contribution in [0.4, 0.5) is 0 Å². The van der Waals surface area contributed by atoms with E-state index in [2.05, 4.69) is 40.7 Å². The summed E-state index contributed by atoms with van der Waals surface area (Å²) in [5, 5.41) is 11.0. The van der Waals surface area contributed by atoms with Gasteiger partial charge in [-0.15, -0.1) is 0 Å². The Labute approximate surface area is 181 Å². The second kappa shape index (κ2) is 7.99. The molecule has 0 aromatic rings. The standard InChI is InChI=1S/C28H48O/c1-6-28(29)18-17-27(5)22(19-28)11-13-23-24-14-12-21(10-8-7-9-20(2)3)26(24,4)16-15-25(23)27/h11,20-21,23-25,29H,6-10,12-19H2,1-5H3/t21?,23?,24?,25?,26?,27?,28-/m0/s1. The maximum atomic E-state index is 11.0. The van der Waals surface area contributed by atoms with E-state index in [0.717, 1.165) is 48.9 Å². The fraction of sp³-hybridized carbons (Fsp3) is 0.929. The monoisotopic (exact) mass is 400 g/mol. The predicted molar refractivity (Wildman–Crippen MR) is 124 cm³/mol. The summed E-state index contributed by atoms with van der Waals surface area (Å²) in [6, 6.07) is 0. The van der Waals surface area contributed by atoms with Crippen LogP contribution in [0.2, 0.25) is 0 Å². The van der Waals surface area contributed by atoms with Crippen molar-refractivity contribution in [3.63, 3.8) is 0 Å². The van der Waals surface area contributed by atoms with Crippen molar-refractivity contribution < 1.29 is 5.11 Å². The molecule has 6 unspecified atom stereocenters. The fourth-order valence-corrected chi connectivity index (χ4v) is 8.54. The van der Waals surface area contributed by atoms with Crippen LogP contribution in [0.3, 0.4) is 0 Å². The molecule has 4 aliphatic carbocycles. The van der Waals surface area contributed by atoms with Gasteiger partial charge in [-0.25, -0.2) is 0 Å². The summed E-state index contributed by atoms with van der Waals surface area (Å²) >= 11 is 0. The number of unbranched alkanes of at least 4 members (excludes halogenated alkanes) is 1. The van der Waals surface area contributed by atoms with Crippen molar-refractivity contribution in [2.45, 2.75) is 124 Å². The first-order valence-corrected chi connectivity index (χ1v) is 13.1. The van der Waals surface area contributed by atoms with Crippen LogP contribution in [0.5, 0.6) is 0 Å². The Hall–Kier alpha value is -0.300. The van der Waals surface area contributed by atoms with E-state index < -0.39 is 5.60 Å². The normalized spacial score (nSPS) is 46.8. The molecule has 0 saturated heterocycles. The van der Waals surface area contributed by atoms with E-state index in [4.69, 9.17) is 0 Å². The van der Waals surface area contributed by atoms with Crippen molar-refractivity contribution in [2.24, 2.45) is 40.4 Å². The van der Waals surface area contributed by atoms with E-state index in [1.54, 1.807) is 5.57 Å². The van der Waals surface area contributed by atoms with Crippen LogP contribution in [0, 0.1) is 40.4 Å². The van der Waals surface area contributed by atoms with E-state index in [-0.39, 0.29) is 0 Å². The van der Waals surface area contributed by atoms with Gasteiger partial charge in [-0.3, -0.25) is 0 Å². The zero-order valence-electron chi connectivity index (χ0n) is 20.1. The minimum atomic E-state index is -0.421. The van der Waals surface area contributed by atoms with Gasteiger partial charge in [0.15, 0.2) is 0 Å². The van der Waals surface area contributed by atoms with Crippen LogP contribution in [-0.2, 0) is 0 Å². The van der Waals surface area contributed by atoms with Crippen molar-refractivity contribution in [2.75, 3.05) is 0 Å². The average Bonchev–Trinajstić information content (AvgIpc) is 3.02.